The predicted molar refractivity (Wildman–Crippen MR) is 112 cm³/mol. The molecular weight excluding hydrogens is 442 g/mol. The maximum atomic E-state index is 2.86. The average Bonchev–Trinajstić information content (AvgIpc) is 2.60. The Labute approximate surface area is 177 Å². The summed E-state index contributed by atoms with van der Waals surface area (Å²) in [6.45, 7) is 17.3. The average molecular weight is 488 g/mol. The lowest BCUT2D eigenvalue weighted by Gasteiger charge is -2.48. The van der Waals surface area contributed by atoms with Gasteiger partial charge in [0, 0.05) is 53.9 Å². The molecular formula is C19H46IN4P. The molecule has 154 valence electrons. The molecule has 0 bridgehead atoms. The van der Waals surface area contributed by atoms with Crippen LogP contribution in [0.4, 0.5) is 0 Å². The molecule has 0 radical (unpaired) electrons. The molecule has 0 rings (SSSR count). The Kier molecular flexibility index (Phi) is 18.1. The molecule has 0 aliphatic carbocycles. The van der Waals surface area contributed by atoms with Gasteiger partial charge in [-0.15, -0.1) is 18.7 Å². The molecule has 0 aliphatic heterocycles. The highest BCUT2D eigenvalue weighted by Crippen LogP contribution is 2.68. The van der Waals surface area contributed by atoms with Gasteiger partial charge in [-0.1, -0.05) is 39.5 Å². The molecule has 0 aliphatic rings. The zero-order valence-electron chi connectivity index (χ0n) is 18.4. The molecule has 0 aromatic heterocycles. The van der Waals surface area contributed by atoms with E-state index in [9.17, 15) is 0 Å². The molecule has 0 N–H and O–H groups in total. The van der Waals surface area contributed by atoms with Crippen LogP contribution in [-0.4, -0.2) is 72.5 Å². The van der Waals surface area contributed by atoms with Crippen molar-refractivity contribution in [3.8, 4) is 0 Å². The number of rotatable bonds is 15. The highest BCUT2D eigenvalue weighted by atomic mass is 127. The van der Waals surface area contributed by atoms with E-state index in [4.69, 9.17) is 0 Å². The largest absolute Gasteiger partial charge is 1.00 e. The van der Waals surface area contributed by atoms with E-state index in [-0.39, 0.29) is 24.0 Å². The summed E-state index contributed by atoms with van der Waals surface area (Å²) in [6, 6.07) is 0. The summed E-state index contributed by atoms with van der Waals surface area (Å²) < 4.78 is 10.8. The molecule has 0 amide bonds. The summed E-state index contributed by atoms with van der Waals surface area (Å²) >= 11 is 0. The fourth-order valence-corrected chi connectivity index (χ4v) is 8.29. The van der Waals surface area contributed by atoms with E-state index in [0.717, 1.165) is 19.6 Å². The van der Waals surface area contributed by atoms with Gasteiger partial charge in [0.1, 0.15) is 0 Å². The lowest BCUT2D eigenvalue weighted by molar-refractivity contribution is -0.00000586. The zero-order valence-corrected chi connectivity index (χ0v) is 21.4. The fraction of sp³-hybridized carbons (Fsp3) is 1.00. The highest BCUT2D eigenvalue weighted by Gasteiger charge is 2.56. The van der Waals surface area contributed by atoms with Gasteiger partial charge in [-0.25, -0.2) is 0 Å². The maximum Gasteiger partial charge on any atom is 0.307 e. The first kappa shape index (κ1) is 28.2. The lowest BCUT2D eigenvalue weighted by Crippen LogP contribution is -3.00. The van der Waals surface area contributed by atoms with Gasteiger partial charge in [0.05, 0.1) is 0 Å². The number of unbranched alkanes of at least 4 members (excludes halogenated alkanes) is 4. The summed E-state index contributed by atoms with van der Waals surface area (Å²) in [5.74, 6) is 0. The summed E-state index contributed by atoms with van der Waals surface area (Å²) in [5, 5.41) is 0. The molecule has 4 nitrogen and oxygen atoms in total. The van der Waals surface area contributed by atoms with E-state index in [2.05, 4.69) is 74.4 Å². The Hall–Kier alpha value is 1.00. The normalized spacial score (nSPS) is 12.5. The molecule has 6 heteroatoms. The van der Waals surface area contributed by atoms with E-state index in [1.807, 2.05) is 0 Å². The monoisotopic (exact) mass is 488 g/mol. The summed E-state index contributed by atoms with van der Waals surface area (Å²) in [4.78, 5) is 0. The van der Waals surface area contributed by atoms with Crippen LogP contribution in [0, 0.1) is 0 Å². The van der Waals surface area contributed by atoms with Crippen LogP contribution in [0.25, 0.3) is 0 Å². The Morgan fingerprint density at radius 3 is 1.12 bits per heavy atom. The van der Waals surface area contributed by atoms with E-state index in [1.165, 1.54) is 51.6 Å². The van der Waals surface area contributed by atoms with Crippen molar-refractivity contribution in [2.24, 2.45) is 0 Å². The molecule has 0 aromatic rings. The SMILES string of the molecule is CCCCCN(CCCCC)[P+](N(C)CC)(N(C)CC)N(C)CC.[I-]. The topological polar surface area (TPSA) is 13.0 Å². The minimum absolute atomic E-state index is 0. The van der Waals surface area contributed by atoms with Gasteiger partial charge in [0.15, 0.2) is 0 Å². The van der Waals surface area contributed by atoms with Crippen LogP contribution in [-0.2, 0) is 0 Å². The van der Waals surface area contributed by atoms with Crippen LogP contribution < -0.4 is 24.0 Å². The molecule has 0 heterocycles. The minimum atomic E-state index is -1.63. The van der Waals surface area contributed by atoms with Crippen molar-refractivity contribution in [2.75, 3.05) is 53.9 Å². The van der Waals surface area contributed by atoms with Gasteiger partial charge < -0.3 is 24.0 Å². The Bertz CT molecular complexity index is 271. The van der Waals surface area contributed by atoms with Gasteiger partial charge in [0.25, 0.3) is 0 Å². The van der Waals surface area contributed by atoms with Crippen molar-refractivity contribution < 1.29 is 24.0 Å². The van der Waals surface area contributed by atoms with Crippen molar-refractivity contribution in [1.82, 2.24) is 18.7 Å². The first-order chi connectivity index (χ1) is 11.5. The Morgan fingerprint density at radius 1 is 0.560 bits per heavy atom. The number of nitrogens with zero attached hydrogens (tertiary/aromatic N) is 4. The third kappa shape index (κ3) is 7.87. The van der Waals surface area contributed by atoms with E-state index in [0.29, 0.717) is 0 Å². The Morgan fingerprint density at radius 2 is 0.880 bits per heavy atom. The fourth-order valence-electron chi connectivity index (χ4n) is 3.47. The van der Waals surface area contributed by atoms with Gasteiger partial charge in [0.2, 0.25) is 0 Å². The smallest absolute Gasteiger partial charge is 0.307 e. The predicted octanol–water partition coefficient (Wildman–Crippen LogP) is 2.21. The highest BCUT2D eigenvalue weighted by molar-refractivity contribution is 7.66. The van der Waals surface area contributed by atoms with Crippen molar-refractivity contribution in [2.45, 2.75) is 73.1 Å². The molecule has 0 spiro atoms. The Balaban J connectivity index is 0. The second kappa shape index (κ2) is 16.0. The van der Waals surface area contributed by atoms with Crippen LogP contribution in [0.1, 0.15) is 73.1 Å². The third-order valence-electron chi connectivity index (χ3n) is 5.17. The number of hydrogen-bond donors (Lipinski definition) is 0. The maximum absolute atomic E-state index is 2.86. The number of halogens is 1. The third-order valence-corrected chi connectivity index (χ3v) is 9.92. The first-order valence-electron chi connectivity index (χ1n) is 10.3. The second-order valence-corrected chi connectivity index (χ2v) is 10.5. The molecule has 0 fully saturated rings. The first-order valence-corrected chi connectivity index (χ1v) is 11.9. The van der Waals surface area contributed by atoms with Gasteiger partial charge in [-0.05, 0) is 33.6 Å². The lowest BCUT2D eigenvalue weighted by atomic mass is 10.2. The van der Waals surface area contributed by atoms with Crippen molar-refractivity contribution >= 4 is 7.87 Å². The van der Waals surface area contributed by atoms with Crippen molar-refractivity contribution in [3.63, 3.8) is 0 Å². The molecule has 0 atom stereocenters. The molecule has 0 saturated heterocycles. The quantitative estimate of drug-likeness (QED) is 0.199. The van der Waals surface area contributed by atoms with Crippen LogP contribution in [0.2, 0.25) is 0 Å². The standard InChI is InChI=1S/C19H46N4P.HI/c1-9-14-16-18-23(19-17-15-10-2)24(20(6)11-3,21(7)12-4)22(8)13-5;/h9-19H2,1-8H3;1H/q+1;/p-1. The van der Waals surface area contributed by atoms with Gasteiger partial charge in [-0.2, -0.15) is 0 Å². The van der Waals surface area contributed by atoms with Crippen LogP contribution in [0.15, 0.2) is 0 Å². The number of hydrogen-bond acceptors (Lipinski definition) is 4. The van der Waals surface area contributed by atoms with Crippen molar-refractivity contribution in [3.05, 3.63) is 0 Å². The molecule has 25 heavy (non-hydrogen) atoms. The summed E-state index contributed by atoms with van der Waals surface area (Å²) in [7, 11) is 5.37. The van der Waals surface area contributed by atoms with E-state index >= 15 is 0 Å². The van der Waals surface area contributed by atoms with Crippen molar-refractivity contribution in [1.29, 1.82) is 0 Å². The zero-order chi connectivity index (χ0) is 18.6. The molecule has 0 aromatic carbocycles. The van der Waals surface area contributed by atoms with Gasteiger partial charge in [-0.3, -0.25) is 0 Å². The van der Waals surface area contributed by atoms with Crippen LogP contribution >= 0.6 is 7.87 Å². The molecule has 0 unspecified atom stereocenters. The van der Waals surface area contributed by atoms with E-state index in [1.54, 1.807) is 0 Å². The van der Waals surface area contributed by atoms with Crippen LogP contribution in [0.3, 0.4) is 0 Å². The summed E-state index contributed by atoms with van der Waals surface area (Å²) in [5.41, 5.74) is 0. The second-order valence-electron chi connectivity index (χ2n) is 6.83. The van der Waals surface area contributed by atoms with Gasteiger partial charge >= 0.3 is 7.87 Å². The summed E-state index contributed by atoms with van der Waals surface area (Å²) in [6.07, 6.45) is 7.90. The van der Waals surface area contributed by atoms with Crippen LogP contribution in [0.5, 0.6) is 0 Å². The molecule has 0 saturated carbocycles. The minimum Gasteiger partial charge on any atom is -1.00 e. The van der Waals surface area contributed by atoms with E-state index < -0.39 is 7.87 Å².